The van der Waals surface area contributed by atoms with E-state index in [1.165, 1.54) is 16.7 Å². The second-order valence-corrected chi connectivity index (χ2v) is 7.23. The Bertz CT molecular complexity index is 1080. The Kier molecular flexibility index (Phi) is 4.96. The molecule has 0 saturated heterocycles. The predicted octanol–water partition coefficient (Wildman–Crippen LogP) is 0.761. The van der Waals surface area contributed by atoms with Gasteiger partial charge in [-0.15, -0.1) is 5.10 Å². The predicted molar refractivity (Wildman–Crippen MR) is 92.3 cm³/mol. The van der Waals surface area contributed by atoms with Crippen LogP contribution in [0.15, 0.2) is 58.4 Å². The average Bonchev–Trinajstić information content (AvgIpc) is 2.91. The molecule has 0 unspecified atom stereocenters. The minimum absolute atomic E-state index is 0.0219. The summed E-state index contributed by atoms with van der Waals surface area (Å²) in [5.74, 6) is -0.266. The minimum atomic E-state index is -3.87. The third-order valence-corrected chi connectivity index (χ3v) is 5.12. The second kappa shape index (κ2) is 7.18. The summed E-state index contributed by atoms with van der Waals surface area (Å²) in [5.41, 5.74) is 0.141. The van der Waals surface area contributed by atoms with E-state index >= 15 is 0 Å². The number of halogens is 1. The van der Waals surface area contributed by atoms with Crippen molar-refractivity contribution in [2.24, 2.45) is 7.05 Å². The van der Waals surface area contributed by atoms with Gasteiger partial charge in [-0.3, -0.25) is 9.55 Å². The summed E-state index contributed by atoms with van der Waals surface area (Å²) in [6.07, 6.45) is 1.59. The fourth-order valence-electron chi connectivity index (χ4n) is 2.36. The highest BCUT2D eigenvalue weighted by atomic mass is 32.2. The number of nitrogens with zero attached hydrogens (tertiary/aromatic N) is 4. The molecule has 0 atom stereocenters. The first-order chi connectivity index (χ1) is 12.4. The Hall–Kier alpha value is -2.85. The van der Waals surface area contributed by atoms with E-state index in [2.05, 4.69) is 14.8 Å². The van der Waals surface area contributed by atoms with E-state index in [9.17, 15) is 17.6 Å². The first-order valence-corrected chi connectivity index (χ1v) is 9.17. The summed E-state index contributed by atoms with van der Waals surface area (Å²) in [6, 6.07) is 9.93. The van der Waals surface area contributed by atoms with Gasteiger partial charge in [-0.25, -0.2) is 27.0 Å². The molecule has 136 valence electrons. The van der Waals surface area contributed by atoms with Crippen LogP contribution in [0.25, 0.3) is 11.5 Å². The summed E-state index contributed by atoms with van der Waals surface area (Å²) in [6.45, 7) is -0.0501. The Labute approximate surface area is 149 Å². The largest absolute Gasteiger partial charge is 0.346 e. The average molecular weight is 377 g/mol. The van der Waals surface area contributed by atoms with Gasteiger partial charge in [0.15, 0.2) is 5.82 Å². The molecule has 0 radical (unpaired) electrons. The van der Waals surface area contributed by atoms with Crippen molar-refractivity contribution < 1.29 is 12.8 Å². The highest BCUT2D eigenvalue weighted by molar-refractivity contribution is 7.89. The first kappa shape index (κ1) is 18.0. The van der Waals surface area contributed by atoms with Gasteiger partial charge in [0.1, 0.15) is 11.5 Å². The van der Waals surface area contributed by atoms with Gasteiger partial charge in [0.2, 0.25) is 10.0 Å². The summed E-state index contributed by atoms with van der Waals surface area (Å²) in [4.78, 5) is 16.2. The molecule has 0 fully saturated rings. The van der Waals surface area contributed by atoms with Crippen molar-refractivity contribution in [3.05, 3.63) is 65.0 Å². The molecule has 26 heavy (non-hydrogen) atoms. The van der Waals surface area contributed by atoms with Gasteiger partial charge in [0.05, 0.1) is 11.4 Å². The summed E-state index contributed by atoms with van der Waals surface area (Å²) < 4.78 is 42.3. The van der Waals surface area contributed by atoms with Crippen LogP contribution in [0.3, 0.4) is 0 Å². The maximum absolute atomic E-state index is 13.2. The minimum Gasteiger partial charge on any atom is -0.277 e. The molecular formula is C16H16FN5O3S. The standard InChI is InChI=1S/C16H16FN5O3S/c1-21-15(14-7-2-3-8-18-14)20-22(16(21)23)10-9-19-26(24,25)13-6-4-5-12(17)11-13/h2-8,11,19H,9-10H2,1H3. The van der Waals surface area contributed by atoms with Crippen LogP contribution in [0.5, 0.6) is 0 Å². The molecule has 0 amide bonds. The van der Waals surface area contributed by atoms with Gasteiger partial charge < -0.3 is 0 Å². The maximum atomic E-state index is 13.2. The van der Waals surface area contributed by atoms with E-state index in [1.54, 1.807) is 31.4 Å². The van der Waals surface area contributed by atoms with Crippen LogP contribution < -0.4 is 10.4 Å². The number of aromatic nitrogens is 4. The molecule has 10 heteroatoms. The van der Waals surface area contributed by atoms with Gasteiger partial charge in [-0.05, 0) is 30.3 Å². The van der Waals surface area contributed by atoms with Gasteiger partial charge in [-0.1, -0.05) is 12.1 Å². The third kappa shape index (κ3) is 3.70. The Morgan fingerprint density at radius 2 is 2.00 bits per heavy atom. The Balaban J connectivity index is 1.74. The van der Waals surface area contributed by atoms with Crippen molar-refractivity contribution in [3.8, 4) is 11.5 Å². The molecule has 8 nitrogen and oxygen atoms in total. The monoisotopic (exact) mass is 377 g/mol. The molecule has 0 aliphatic rings. The van der Waals surface area contributed by atoms with Gasteiger partial charge in [0.25, 0.3) is 0 Å². The van der Waals surface area contributed by atoms with E-state index in [0.29, 0.717) is 11.5 Å². The van der Waals surface area contributed by atoms with E-state index in [-0.39, 0.29) is 18.0 Å². The van der Waals surface area contributed by atoms with Crippen LogP contribution in [0.4, 0.5) is 4.39 Å². The number of pyridine rings is 1. The number of hydrogen-bond donors (Lipinski definition) is 1. The third-order valence-electron chi connectivity index (χ3n) is 3.66. The number of hydrogen-bond acceptors (Lipinski definition) is 5. The van der Waals surface area contributed by atoms with Crippen LogP contribution in [-0.4, -0.2) is 34.3 Å². The molecule has 1 aromatic carbocycles. The zero-order valence-corrected chi connectivity index (χ0v) is 14.6. The second-order valence-electron chi connectivity index (χ2n) is 5.46. The fourth-order valence-corrected chi connectivity index (χ4v) is 3.41. The van der Waals surface area contributed by atoms with Crippen LogP contribution in [-0.2, 0) is 23.6 Å². The normalized spacial score (nSPS) is 11.6. The first-order valence-electron chi connectivity index (χ1n) is 7.69. The molecule has 0 saturated carbocycles. The molecule has 0 bridgehead atoms. The van der Waals surface area contributed by atoms with Crippen molar-refractivity contribution in [1.82, 2.24) is 24.1 Å². The van der Waals surface area contributed by atoms with E-state index in [4.69, 9.17) is 0 Å². The highest BCUT2D eigenvalue weighted by Gasteiger charge is 2.16. The number of sulfonamides is 1. The highest BCUT2D eigenvalue weighted by Crippen LogP contribution is 2.11. The molecule has 1 N–H and O–H groups in total. The summed E-state index contributed by atoms with van der Waals surface area (Å²) in [7, 11) is -2.31. The summed E-state index contributed by atoms with van der Waals surface area (Å²) in [5, 5.41) is 4.20. The van der Waals surface area contributed by atoms with Gasteiger partial charge in [-0.2, -0.15) is 0 Å². The van der Waals surface area contributed by atoms with E-state index in [0.717, 1.165) is 16.8 Å². The lowest BCUT2D eigenvalue weighted by molar-refractivity contribution is 0.549. The number of benzene rings is 1. The zero-order chi connectivity index (χ0) is 18.7. The lowest BCUT2D eigenvalue weighted by Gasteiger charge is -2.06. The van der Waals surface area contributed by atoms with Gasteiger partial charge in [0, 0.05) is 19.8 Å². The van der Waals surface area contributed by atoms with Crippen LogP contribution >= 0.6 is 0 Å². The smallest absolute Gasteiger partial charge is 0.277 e. The lowest BCUT2D eigenvalue weighted by Crippen LogP contribution is -2.31. The van der Waals surface area contributed by atoms with Crippen molar-refractivity contribution in [2.75, 3.05) is 6.54 Å². The van der Waals surface area contributed by atoms with Gasteiger partial charge >= 0.3 is 5.69 Å². The van der Waals surface area contributed by atoms with E-state index < -0.39 is 21.5 Å². The van der Waals surface area contributed by atoms with Crippen LogP contribution in [0.1, 0.15) is 0 Å². The van der Waals surface area contributed by atoms with E-state index in [1.807, 2.05) is 0 Å². The Morgan fingerprint density at radius 3 is 2.69 bits per heavy atom. The number of nitrogens with one attached hydrogen (secondary N) is 1. The molecule has 0 aliphatic carbocycles. The van der Waals surface area contributed by atoms with Crippen LogP contribution in [0.2, 0.25) is 0 Å². The molecule has 0 spiro atoms. The molecule has 3 rings (SSSR count). The molecule has 0 aliphatic heterocycles. The summed E-state index contributed by atoms with van der Waals surface area (Å²) >= 11 is 0. The zero-order valence-electron chi connectivity index (χ0n) is 13.8. The Morgan fingerprint density at radius 1 is 1.19 bits per heavy atom. The van der Waals surface area contributed by atoms with Crippen molar-refractivity contribution in [1.29, 1.82) is 0 Å². The quantitative estimate of drug-likeness (QED) is 0.684. The van der Waals surface area contributed by atoms with Crippen molar-refractivity contribution >= 4 is 10.0 Å². The van der Waals surface area contributed by atoms with Crippen molar-refractivity contribution in [2.45, 2.75) is 11.4 Å². The van der Waals surface area contributed by atoms with Crippen molar-refractivity contribution in [3.63, 3.8) is 0 Å². The maximum Gasteiger partial charge on any atom is 0.346 e. The lowest BCUT2D eigenvalue weighted by atomic mass is 10.3. The fraction of sp³-hybridized carbons (Fsp3) is 0.188. The van der Waals surface area contributed by atoms with Crippen LogP contribution in [0, 0.1) is 5.82 Å². The number of rotatable bonds is 6. The molecule has 2 heterocycles. The molecule has 3 aromatic rings. The SMILES string of the molecule is Cn1c(-c2ccccn2)nn(CCNS(=O)(=O)c2cccc(F)c2)c1=O. The topological polar surface area (TPSA) is 98.9 Å². The molecule has 2 aromatic heterocycles. The molecular weight excluding hydrogens is 361 g/mol.